The summed E-state index contributed by atoms with van der Waals surface area (Å²) in [5.41, 5.74) is 6.85. The van der Waals surface area contributed by atoms with Crippen LogP contribution >= 0.6 is 0 Å². The number of hydrogen-bond acceptors (Lipinski definition) is 0. The zero-order valence-electron chi connectivity index (χ0n) is 10.4. The molecular weight excluding hydrogens is 182 g/mol. The Morgan fingerprint density at radius 2 is 1.20 bits per heavy atom. The standard InChI is InChI=1S/C14H28N/c1-2-3-4-5-6-7-8-9-10-11-12-13-14-15/h13-15H,2-12H2,1H3. The minimum absolute atomic E-state index is 1.10. The second kappa shape index (κ2) is 13.5. The molecule has 89 valence electrons. The van der Waals surface area contributed by atoms with Gasteiger partial charge in [0.05, 0.1) is 0 Å². The van der Waals surface area contributed by atoms with Crippen LogP contribution in [0.3, 0.4) is 0 Å². The maximum Gasteiger partial charge on any atom is 0.0137 e. The number of hydrogen-bond donors (Lipinski definition) is 0. The topological polar surface area (TPSA) is 23.8 Å². The van der Waals surface area contributed by atoms with Gasteiger partial charge in [0.2, 0.25) is 0 Å². The van der Waals surface area contributed by atoms with Crippen LogP contribution in [0.15, 0.2) is 12.3 Å². The first-order chi connectivity index (χ1) is 7.41. The summed E-state index contributed by atoms with van der Waals surface area (Å²) in [5, 5.41) is 0. The number of unbranched alkanes of at least 4 members (excludes halogenated alkanes) is 10. The van der Waals surface area contributed by atoms with Gasteiger partial charge in [0.1, 0.15) is 0 Å². The van der Waals surface area contributed by atoms with Crippen molar-refractivity contribution in [2.45, 2.75) is 77.6 Å². The summed E-state index contributed by atoms with van der Waals surface area (Å²) in [5.74, 6) is 0. The van der Waals surface area contributed by atoms with Crippen molar-refractivity contribution >= 4 is 0 Å². The minimum atomic E-state index is 1.10. The molecule has 0 aliphatic carbocycles. The lowest BCUT2D eigenvalue weighted by Gasteiger charge is -2.01. The van der Waals surface area contributed by atoms with Gasteiger partial charge in [-0.05, 0) is 12.8 Å². The minimum Gasteiger partial charge on any atom is -0.309 e. The lowest BCUT2D eigenvalue weighted by molar-refractivity contribution is 0.557. The van der Waals surface area contributed by atoms with Crippen molar-refractivity contribution in [2.75, 3.05) is 0 Å². The number of allylic oxidation sites excluding steroid dienone is 1. The van der Waals surface area contributed by atoms with Gasteiger partial charge in [-0.25, -0.2) is 0 Å². The quantitative estimate of drug-likeness (QED) is 0.424. The van der Waals surface area contributed by atoms with E-state index < -0.39 is 0 Å². The molecule has 0 heterocycles. The first kappa shape index (κ1) is 14.5. The van der Waals surface area contributed by atoms with Gasteiger partial charge in [-0.15, -0.1) is 0 Å². The van der Waals surface area contributed by atoms with Crippen LogP contribution in [0.25, 0.3) is 0 Å². The van der Waals surface area contributed by atoms with Crippen molar-refractivity contribution < 1.29 is 0 Å². The molecule has 0 bridgehead atoms. The monoisotopic (exact) mass is 210 g/mol. The Bertz CT molecular complexity index is 129. The molecule has 0 aromatic heterocycles. The maximum absolute atomic E-state index is 6.85. The van der Waals surface area contributed by atoms with E-state index in [2.05, 4.69) is 6.92 Å². The average Bonchev–Trinajstić information content (AvgIpc) is 2.26. The first-order valence-electron chi connectivity index (χ1n) is 6.74. The zero-order chi connectivity index (χ0) is 11.2. The fraction of sp³-hybridized carbons (Fsp3) is 0.857. The van der Waals surface area contributed by atoms with Gasteiger partial charge in [-0.2, -0.15) is 0 Å². The highest BCUT2D eigenvalue weighted by molar-refractivity contribution is 4.74. The van der Waals surface area contributed by atoms with Gasteiger partial charge >= 0.3 is 0 Å². The van der Waals surface area contributed by atoms with E-state index in [0.717, 1.165) is 6.42 Å². The van der Waals surface area contributed by atoms with Gasteiger partial charge in [0.25, 0.3) is 0 Å². The molecule has 1 nitrogen and oxygen atoms in total. The highest BCUT2D eigenvalue weighted by Crippen LogP contribution is 2.11. The lowest BCUT2D eigenvalue weighted by atomic mass is 10.1. The summed E-state index contributed by atoms with van der Waals surface area (Å²) in [6, 6.07) is 0. The van der Waals surface area contributed by atoms with Gasteiger partial charge in [0.15, 0.2) is 0 Å². The summed E-state index contributed by atoms with van der Waals surface area (Å²) in [6.07, 6.45) is 18.4. The van der Waals surface area contributed by atoms with Crippen LogP contribution in [0, 0.1) is 0 Å². The Hall–Kier alpha value is -0.460. The molecule has 0 aromatic carbocycles. The van der Waals surface area contributed by atoms with Crippen LogP contribution in [0.5, 0.6) is 0 Å². The van der Waals surface area contributed by atoms with Crippen LogP contribution < -0.4 is 5.73 Å². The Morgan fingerprint density at radius 1 is 0.733 bits per heavy atom. The molecule has 0 aliphatic rings. The predicted molar refractivity (Wildman–Crippen MR) is 68.7 cm³/mol. The molecule has 1 heteroatoms. The molecule has 0 rings (SSSR count). The molecular formula is C14H28N. The van der Waals surface area contributed by atoms with Crippen LogP contribution in [-0.4, -0.2) is 0 Å². The molecule has 15 heavy (non-hydrogen) atoms. The third-order valence-corrected chi connectivity index (χ3v) is 2.84. The Kier molecular flexibility index (Phi) is 13.1. The van der Waals surface area contributed by atoms with E-state index in [9.17, 15) is 0 Å². The smallest absolute Gasteiger partial charge is 0.0137 e. The normalized spacial score (nSPS) is 11.3. The fourth-order valence-corrected chi connectivity index (χ4v) is 1.83. The van der Waals surface area contributed by atoms with Gasteiger partial charge in [-0.1, -0.05) is 70.8 Å². The molecule has 0 fully saturated rings. The molecule has 1 N–H and O–H groups in total. The molecule has 0 unspecified atom stereocenters. The Balaban J connectivity index is 2.86. The molecule has 0 aromatic rings. The first-order valence-corrected chi connectivity index (χ1v) is 6.74. The third kappa shape index (κ3) is 13.5. The van der Waals surface area contributed by atoms with E-state index in [4.69, 9.17) is 5.73 Å². The van der Waals surface area contributed by atoms with Crippen LogP contribution in [-0.2, 0) is 0 Å². The average molecular weight is 210 g/mol. The molecule has 0 saturated carbocycles. The molecule has 0 spiro atoms. The Labute approximate surface area is 96.1 Å². The molecule has 0 atom stereocenters. The van der Waals surface area contributed by atoms with Crippen molar-refractivity contribution in [3.05, 3.63) is 12.3 Å². The van der Waals surface area contributed by atoms with Gasteiger partial charge < -0.3 is 5.73 Å². The molecule has 0 amide bonds. The van der Waals surface area contributed by atoms with Crippen molar-refractivity contribution in [3.63, 3.8) is 0 Å². The largest absolute Gasteiger partial charge is 0.309 e. The third-order valence-electron chi connectivity index (χ3n) is 2.84. The summed E-state index contributed by atoms with van der Waals surface area (Å²) in [7, 11) is 0. The van der Waals surface area contributed by atoms with Gasteiger partial charge in [-0.3, -0.25) is 0 Å². The fourth-order valence-electron chi connectivity index (χ4n) is 1.83. The summed E-state index contributed by atoms with van der Waals surface area (Å²) in [6.45, 7) is 2.27. The van der Waals surface area contributed by atoms with Crippen molar-refractivity contribution in [2.24, 2.45) is 0 Å². The van der Waals surface area contributed by atoms with E-state index in [1.165, 1.54) is 70.4 Å². The van der Waals surface area contributed by atoms with E-state index in [1.54, 1.807) is 0 Å². The number of nitrogens with one attached hydrogen (secondary N) is 1. The van der Waals surface area contributed by atoms with E-state index in [-0.39, 0.29) is 0 Å². The van der Waals surface area contributed by atoms with Crippen molar-refractivity contribution in [3.8, 4) is 0 Å². The Morgan fingerprint density at radius 3 is 1.67 bits per heavy atom. The molecule has 1 radical (unpaired) electrons. The predicted octanol–water partition coefficient (Wildman–Crippen LogP) is 5.09. The van der Waals surface area contributed by atoms with E-state index in [1.807, 2.05) is 6.08 Å². The molecule has 0 saturated heterocycles. The zero-order valence-corrected chi connectivity index (χ0v) is 10.4. The van der Waals surface area contributed by atoms with E-state index in [0.29, 0.717) is 0 Å². The number of rotatable bonds is 11. The second-order valence-corrected chi connectivity index (χ2v) is 4.37. The maximum atomic E-state index is 6.85. The van der Waals surface area contributed by atoms with E-state index >= 15 is 0 Å². The summed E-state index contributed by atoms with van der Waals surface area (Å²) in [4.78, 5) is 0. The van der Waals surface area contributed by atoms with Crippen LogP contribution in [0.1, 0.15) is 77.6 Å². The highest BCUT2D eigenvalue weighted by Gasteiger charge is 1.91. The van der Waals surface area contributed by atoms with Crippen molar-refractivity contribution in [1.82, 2.24) is 5.73 Å². The second-order valence-electron chi connectivity index (χ2n) is 4.37. The highest BCUT2D eigenvalue weighted by atomic mass is 14.5. The van der Waals surface area contributed by atoms with Crippen LogP contribution in [0.2, 0.25) is 0 Å². The summed E-state index contributed by atoms with van der Waals surface area (Å²) < 4.78 is 0. The summed E-state index contributed by atoms with van der Waals surface area (Å²) >= 11 is 0. The SMILES string of the molecule is CCCCCCCCCCCCC=C[NH]. The molecule has 0 aliphatic heterocycles. The lowest BCUT2D eigenvalue weighted by Crippen LogP contribution is -1.81. The van der Waals surface area contributed by atoms with Crippen molar-refractivity contribution in [1.29, 1.82) is 0 Å². The van der Waals surface area contributed by atoms with Crippen LogP contribution in [0.4, 0.5) is 0 Å². The van der Waals surface area contributed by atoms with Gasteiger partial charge in [0, 0.05) is 6.20 Å².